The number of hydrogen-bond acceptors (Lipinski definition) is 6. The van der Waals surface area contributed by atoms with Crippen molar-refractivity contribution in [1.29, 1.82) is 0 Å². The molecule has 4 aromatic rings. The molecule has 0 bridgehead atoms. The third-order valence-corrected chi connectivity index (χ3v) is 8.00. The number of anilines is 2. The molecular formula is C21H15ClN4O3S2. The van der Waals surface area contributed by atoms with Gasteiger partial charge < -0.3 is 0 Å². The lowest BCUT2D eigenvalue weighted by Crippen LogP contribution is -2.13. The van der Waals surface area contributed by atoms with Crippen LogP contribution < -0.4 is 10.0 Å². The number of rotatable bonds is 5. The van der Waals surface area contributed by atoms with E-state index < -0.39 is 15.9 Å². The fraction of sp³-hybridized carbons (Fsp3) is 0.0952. The van der Waals surface area contributed by atoms with Crippen LogP contribution in [-0.2, 0) is 22.9 Å². The second-order valence-corrected chi connectivity index (χ2v) is 10.3. The van der Waals surface area contributed by atoms with E-state index in [-0.39, 0.29) is 20.1 Å². The van der Waals surface area contributed by atoms with Crippen molar-refractivity contribution in [3.63, 3.8) is 0 Å². The number of aromatic nitrogens is 2. The summed E-state index contributed by atoms with van der Waals surface area (Å²) in [5.41, 5.74) is 3.18. The van der Waals surface area contributed by atoms with Crippen LogP contribution in [-0.4, -0.2) is 24.5 Å². The van der Waals surface area contributed by atoms with Crippen LogP contribution in [0.15, 0.2) is 58.9 Å². The summed E-state index contributed by atoms with van der Waals surface area (Å²) in [6.45, 7) is 0. The van der Waals surface area contributed by atoms with E-state index in [2.05, 4.69) is 26.3 Å². The first-order chi connectivity index (χ1) is 14.9. The summed E-state index contributed by atoms with van der Waals surface area (Å²) in [5, 5.41) is 12.4. The van der Waals surface area contributed by atoms with Gasteiger partial charge in [0.05, 0.1) is 16.3 Å². The average molecular weight is 471 g/mol. The maximum atomic E-state index is 12.9. The zero-order valence-corrected chi connectivity index (χ0v) is 18.3. The molecule has 3 aromatic carbocycles. The summed E-state index contributed by atoms with van der Waals surface area (Å²) in [4.78, 5) is 12.4. The monoisotopic (exact) mass is 470 g/mol. The topological polar surface area (TPSA) is 101 Å². The Labute approximate surface area is 187 Å². The predicted octanol–water partition coefficient (Wildman–Crippen LogP) is 4.50. The van der Waals surface area contributed by atoms with Gasteiger partial charge in [-0.05, 0) is 47.6 Å². The number of halogens is 1. The molecule has 0 aliphatic heterocycles. The van der Waals surface area contributed by atoms with E-state index in [1.807, 2.05) is 18.2 Å². The van der Waals surface area contributed by atoms with E-state index in [0.717, 1.165) is 35.0 Å². The minimum atomic E-state index is -3.98. The molecular weight excluding hydrogens is 456 g/mol. The zero-order chi connectivity index (χ0) is 21.6. The number of carbonyl (C=O) groups excluding carboxylic acids is 1. The van der Waals surface area contributed by atoms with Crippen molar-refractivity contribution >= 4 is 60.5 Å². The summed E-state index contributed by atoms with van der Waals surface area (Å²) in [5.74, 6) is -0.494. The molecule has 0 radical (unpaired) electrons. The number of nitrogens with zero attached hydrogens (tertiary/aromatic N) is 2. The minimum absolute atomic E-state index is 0.0608. The van der Waals surface area contributed by atoms with Crippen molar-refractivity contribution < 1.29 is 13.2 Å². The average Bonchev–Trinajstić information content (AvgIpc) is 3.39. The molecule has 0 spiro atoms. The van der Waals surface area contributed by atoms with E-state index in [1.54, 1.807) is 30.3 Å². The molecule has 2 N–H and O–H groups in total. The maximum Gasteiger partial charge on any atom is 0.291 e. The van der Waals surface area contributed by atoms with E-state index in [9.17, 15) is 13.2 Å². The van der Waals surface area contributed by atoms with E-state index in [1.165, 1.54) is 11.1 Å². The Kier molecular flexibility index (Phi) is 4.88. The second-order valence-electron chi connectivity index (χ2n) is 7.02. The Morgan fingerprint density at radius 3 is 2.55 bits per heavy atom. The first kappa shape index (κ1) is 19.9. The molecule has 1 aliphatic rings. The van der Waals surface area contributed by atoms with Crippen molar-refractivity contribution in [3.05, 3.63) is 76.3 Å². The number of nitrogens with one attached hydrogen (secondary N) is 2. The van der Waals surface area contributed by atoms with Gasteiger partial charge >= 0.3 is 0 Å². The first-order valence-electron chi connectivity index (χ1n) is 9.38. The molecule has 0 unspecified atom stereocenters. The summed E-state index contributed by atoms with van der Waals surface area (Å²) in [6.07, 6.45) is 1.90. The number of benzene rings is 3. The first-order valence-corrected chi connectivity index (χ1v) is 12.1. The molecule has 31 heavy (non-hydrogen) atoms. The fourth-order valence-electron chi connectivity index (χ4n) is 3.70. The van der Waals surface area contributed by atoms with Gasteiger partial charge in [-0.3, -0.25) is 14.8 Å². The standard InChI is InChI=1S/C21H15ClN4O3S2/c22-16-7-2-1-5-14(16)19(27)23-20-24-25-21(30-20)31(28,29)26-17-11-10-13-9-8-12-4-3-6-15(17)18(12)13/h1-7,10-11,26H,8-9H2,(H,23,24,27). The number of hydrogen-bond donors (Lipinski definition) is 2. The van der Waals surface area contributed by atoms with Crippen LogP contribution in [0.2, 0.25) is 5.02 Å². The quantitative estimate of drug-likeness (QED) is 0.418. The maximum absolute atomic E-state index is 12.9. The highest BCUT2D eigenvalue weighted by Gasteiger charge is 2.24. The normalized spacial score (nSPS) is 12.8. The van der Waals surface area contributed by atoms with Gasteiger partial charge in [0, 0.05) is 5.39 Å². The van der Waals surface area contributed by atoms with Crippen LogP contribution in [0, 0.1) is 0 Å². The molecule has 156 valence electrons. The lowest BCUT2D eigenvalue weighted by Gasteiger charge is -2.10. The lowest BCUT2D eigenvalue weighted by molar-refractivity contribution is 0.102. The second kappa shape index (κ2) is 7.60. The van der Waals surface area contributed by atoms with Crippen LogP contribution >= 0.6 is 22.9 Å². The molecule has 1 heterocycles. The third-order valence-electron chi connectivity index (χ3n) is 5.10. The highest BCUT2D eigenvalue weighted by atomic mass is 35.5. The van der Waals surface area contributed by atoms with Crippen LogP contribution in [0.1, 0.15) is 21.5 Å². The zero-order valence-electron chi connectivity index (χ0n) is 15.9. The number of aryl methyl sites for hydroxylation is 2. The van der Waals surface area contributed by atoms with Gasteiger partial charge in [0.1, 0.15) is 0 Å². The Bertz CT molecular complexity index is 1440. The highest BCUT2D eigenvalue weighted by molar-refractivity contribution is 7.94. The summed E-state index contributed by atoms with van der Waals surface area (Å²) in [7, 11) is -3.98. The molecule has 5 rings (SSSR count). The molecule has 1 aliphatic carbocycles. The number of carbonyl (C=O) groups is 1. The molecule has 1 amide bonds. The van der Waals surface area contributed by atoms with Crippen molar-refractivity contribution in [1.82, 2.24) is 10.2 Å². The smallest absolute Gasteiger partial charge is 0.291 e. The Hall–Kier alpha value is -3.01. The largest absolute Gasteiger partial charge is 0.296 e. The third kappa shape index (κ3) is 3.65. The summed E-state index contributed by atoms with van der Waals surface area (Å²) < 4.78 is 28.2. The molecule has 7 nitrogen and oxygen atoms in total. The molecule has 0 atom stereocenters. The van der Waals surface area contributed by atoms with Crippen molar-refractivity contribution in [2.75, 3.05) is 10.0 Å². The van der Waals surface area contributed by atoms with Crippen LogP contribution in [0.4, 0.5) is 10.8 Å². The van der Waals surface area contributed by atoms with Gasteiger partial charge in [-0.25, -0.2) is 0 Å². The van der Waals surface area contributed by atoms with Gasteiger partial charge in [0.15, 0.2) is 0 Å². The van der Waals surface area contributed by atoms with Gasteiger partial charge in [0.2, 0.25) is 5.13 Å². The number of sulfonamides is 1. The van der Waals surface area contributed by atoms with Gasteiger partial charge in [-0.1, -0.05) is 59.3 Å². The van der Waals surface area contributed by atoms with Crippen molar-refractivity contribution in [2.24, 2.45) is 0 Å². The summed E-state index contributed by atoms with van der Waals surface area (Å²) in [6, 6.07) is 16.2. The molecule has 10 heteroatoms. The molecule has 0 fully saturated rings. The van der Waals surface area contributed by atoms with Crippen molar-refractivity contribution in [2.45, 2.75) is 17.2 Å². The van der Waals surface area contributed by atoms with Gasteiger partial charge in [-0.2, -0.15) is 8.42 Å². The molecule has 0 saturated carbocycles. The Morgan fingerprint density at radius 2 is 1.74 bits per heavy atom. The van der Waals surface area contributed by atoms with E-state index in [0.29, 0.717) is 5.69 Å². The van der Waals surface area contributed by atoms with Gasteiger partial charge in [-0.15, -0.1) is 10.2 Å². The molecule has 0 saturated heterocycles. The van der Waals surface area contributed by atoms with Crippen LogP contribution in [0.25, 0.3) is 10.8 Å². The van der Waals surface area contributed by atoms with Crippen LogP contribution in [0.3, 0.4) is 0 Å². The van der Waals surface area contributed by atoms with Crippen molar-refractivity contribution in [3.8, 4) is 0 Å². The van der Waals surface area contributed by atoms with Gasteiger partial charge in [0.25, 0.3) is 20.3 Å². The Balaban J connectivity index is 1.41. The highest BCUT2D eigenvalue weighted by Crippen LogP contribution is 2.36. The lowest BCUT2D eigenvalue weighted by atomic mass is 10.0. The van der Waals surface area contributed by atoms with E-state index in [4.69, 9.17) is 11.6 Å². The van der Waals surface area contributed by atoms with Crippen LogP contribution in [0.5, 0.6) is 0 Å². The predicted molar refractivity (Wildman–Crippen MR) is 121 cm³/mol. The fourth-order valence-corrected chi connectivity index (χ4v) is 5.90. The minimum Gasteiger partial charge on any atom is -0.296 e. The molecule has 1 aromatic heterocycles. The summed E-state index contributed by atoms with van der Waals surface area (Å²) >= 11 is 6.79. The number of amides is 1. The Morgan fingerprint density at radius 1 is 0.968 bits per heavy atom. The van der Waals surface area contributed by atoms with E-state index >= 15 is 0 Å². The SMILES string of the molecule is O=C(Nc1nnc(S(=O)(=O)Nc2ccc3c4c(cccc24)CC3)s1)c1ccccc1Cl.